The van der Waals surface area contributed by atoms with E-state index in [2.05, 4.69) is 47.5 Å². The van der Waals surface area contributed by atoms with E-state index in [9.17, 15) is 0 Å². The zero-order valence-electron chi connectivity index (χ0n) is 10.7. The minimum atomic E-state index is 0.617. The Morgan fingerprint density at radius 1 is 1.50 bits per heavy atom. The predicted octanol–water partition coefficient (Wildman–Crippen LogP) is 2.23. The molecule has 0 bridgehead atoms. The van der Waals surface area contributed by atoms with E-state index in [1.807, 2.05) is 0 Å². The van der Waals surface area contributed by atoms with Gasteiger partial charge in [-0.3, -0.25) is 5.10 Å². The van der Waals surface area contributed by atoms with Gasteiger partial charge in [-0.1, -0.05) is 13.8 Å². The number of nitrogens with zero attached hydrogens (tertiary/aromatic N) is 3. The van der Waals surface area contributed by atoms with Crippen molar-refractivity contribution in [2.24, 2.45) is 0 Å². The minimum Gasteiger partial charge on any atom is -0.303 e. The van der Waals surface area contributed by atoms with Crippen LogP contribution < -0.4 is 0 Å². The van der Waals surface area contributed by atoms with Gasteiger partial charge in [0.15, 0.2) is 4.77 Å². The first kappa shape index (κ1) is 13.4. The zero-order valence-corrected chi connectivity index (χ0v) is 11.5. The lowest BCUT2D eigenvalue weighted by Gasteiger charge is -2.23. The molecule has 5 heteroatoms. The third kappa shape index (κ3) is 3.15. The van der Waals surface area contributed by atoms with Crippen LogP contribution in [-0.2, 0) is 13.0 Å². The number of hydrogen-bond donors (Lipinski definition) is 1. The molecule has 16 heavy (non-hydrogen) atoms. The summed E-state index contributed by atoms with van der Waals surface area (Å²) in [5.41, 5.74) is 0. The summed E-state index contributed by atoms with van der Waals surface area (Å²) in [5.74, 6) is 1.04. The SMILES string of the molecule is CCc1n[nH]c(=S)n1CCN(C)C(C)CC. The molecule has 4 nitrogen and oxygen atoms in total. The van der Waals surface area contributed by atoms with Crippen LogP contribution in [0.2, 0.25) is 0 Å². The fourth-order valence-electron chi connectivity index (χ4n) is 1.64. The van der Waals surface area contributed by atoms with Crippen LogP contribution in [0.1, 0.15) is 33.0 Å². The Labute approximate surface area is 103 Å². The van der Waals surface area contributed by atoms with Crippen molar-refractivity contribution in [3.63, 3.8) is 0 Å². The van der Waals surface area contributed by atoms with Crippen molar-refractivity contribution in [1.29, 1.82) is 0 Å². The van der Waals surface area contributed by atoms with E-state index >= 15 is 0 Å². The fraction of sp³-hybridized carbons (Fsp3) is 0.818. The van der Waals surface area contributed by atoms with E-state index in [1.54, 1.807) is 0 Å². The first-order chi connectivity index (χ1) is 7.60. The number of likely N-dealkylation sites (N-methyl/N-ethyl adjacent to an activating group) is 1. The lowest BCUT2D eigenvalue weighted by Crippen LogP contribution is -2.31. The molecule has 1 atom stereocenters. The van der Waals surface area contributed by atoms with Crippen LogP contribution in [-0.4, -0.2) is 39.3 Å². The summed E-state index contributed by atoms with van der Waals surface area (Å²) >= 11 is 5.21. The first-order valence-corrected chi connectivity index (χ1v) is 6.35. The number of aromatic nitrogens is 3. The molecule has 0 saturated carbocycles. The minimum absolute atomic E-state index is 0.617. The van der Waals surface area contributed by atoms with Gasteiger partial charge in [-0.05, 0) is 32.6 Å². The second-order valence-electron chi connectivity index (χ2n) is 4.19. The number of aryl methyl sites for hydroxylation is 1. The second-order valence-corrected chi connectivity index (χ2v) is 4.57. The molecule has 0 aliphatic carbocycles. The molecule has 1 aromatic heterocycles. The van der Waals surface area contributed by atoms with Gasteiger partial charge >= 0.3 is 0 Å². The number of H-pyrrole nitrogens is 1. The van der Waals surface area contributed by atoms with Crippen molar-refractivity contribution in [2.45, 2.75) is 46.2 Å². The van der Waals surface area contributed by atoms with E-state index in [0.29, 0.717) is 6.04 Å². The Bertz CT molecular complexity index is 368. The highest BCUT2D eigenvalue weighted by Gasteiger charge is 2.08. The molecule has 1 unspecified atom stereocenters. The van der Waals surface area contributed by atoms with Crippen molar-refractivity contribution in [1.82, 2.24) is 19.7 Å². The number of rotatable bonds is 6. The highest BCUT2D eigenvalue weighted by Crippen LogP contribution is 2.03. The molecule has 1 N–H and O–H groups in total. The Hall–Kier alpha value is -0.680. The van der Waals surface area contributed by atoms with Crippen molar-refractivity contribution < 1.29 is 0 Å². The van der Waals surface area contributed by atoms with Gasteiger partial charge in [0.2, 0.25) is 0 Å². The van der Waals surface area contributed by atoms with Gasteiger partial charge in [-0.25, -0.2) is 0 Å². The van der Waals surface area contributed by atoms with Crippen molar-refractivity contribution in [3.8, 4) is 0 Å². The Kier molecular flexibility index (Phi) is 5.15. The number of hydrogen-bond acceptors (Lipinski definition) is 3. The average molecular weight is 242 g/mol. The molecule has 1 rings (SSSR count). The highest BCUT2D eigenvalue weighted by molar-refractivity contribution is 7.71. The quantitative estimate of drug-likeness (QED) is 0.777. The summed E-state index contributed by atoms with van der Waals surface area (Å²) in [7, 11) is 2.16. The first-order valence-electron chi connectivity index (χ1n) is 5.94. The zero-order chi connectivity index (χ0) is 12.1. The average Bonchev–Trinajstić information content (AvgIpc) is 2.65. The Morgan fingerprint density at radius 3 is 2.75 bits per heavy atom. The molecular formula is C11H22N4S. The maximum Gasteiger partial charge on any atom is 0.195 e. The topological polar surface area (TPSA) is 36.9 Å². The van der Waals surface area contributed by atoms with E-state index in [4.69, 9.17) is 12.2 Å². The molecule has 1 aromatic rings. The molecule has 0 aromatic carbocycles. The smallest absolute Gasteiger partial charge is 0.195 e. The Morgan fingerprint density at radius 2 is 2.19 bits per heavy atom. The molecule has 0 radical (unpaired) electrons. The fourth-order valence-corrected chi connectivity index (χ4v) is 1.88. The van der Waals surface area contributed by atoms with Gasteiger partial charge in [0.1, 0.15) is 5.82 Å². The lowest BCUT2D eigenvalue weighted by molar-refractivity contribution is 0.241. The van der Waals surface area contributed by atoms with Crippen molar-refractivity contribution >= 4 is 12.2 Å². The normalized spacial score (nSPS) is 13.3. The van der Waals surface area contributed by atoms with Crippen LogP contribution in [0, 0.1) is 4.77 Å². The van der Waals surface area contributed by atoms with Crippen LogP contribution in [0.15, 0.2) is 0 Å². The second kappa shape index (κ2) is 6.15. The summed E-state index contributed by atoms with van der Waals surface area (Å²) in [6.07, 6.45) is 2.09. The predicted molar refractivity (Wildman–Crippen MR) is 69.2 cm³/mol. The lowest BCUT2D eigenvalue weighted by atomic mass is 10.2. The van der Waals surface area contributed by atoms with Crippen molar-refractivity contribution in [2.75, 3.05) is 13.6 Å². The summed E-state index contributed by atoms with van der Waals surface area (Å²) in [6.45, 7) is 8.48. The summed E-state index contributed by atoms with van der Waals surface area (Å²) in [6, 6.07) is 0.617. The molecule has 0 spiro atoms. The maximum absolute atomic E-state index is 5.21. The summed E-state index contributed by atoms with van der Waals surface area (Å²) in [4.78, 5) is 2.36. The molecule has 0 saturated heterocycles. The van der Waals surface area contributed by atoms with E-state index in [-0.39, 0.29) is 0 Å². The van der Waals surface area contributed by atoms with Crippen LogP contribution in [0.4, 0.5) is 0 Å². The van der Waals surface area contributed by atoms with Gasteiger partial charge in [0, 0.05) is 25.6 Å². The third-order valence-electron chi connectivity index (χ3n) is 3.17. The van der Waals surface area contributed by atoms with Crippen LogP contribution in [0.25, 0.3) is 0 Å². The van der Waals surface area contributed by atoms with Gasteiger partial charge in [0.25, 0.3) is 0 Å². The van der Waals surface area contributed by atoms with Crippen LogP contribution in [0.3, 0.4) is 0 Å². The standard InChI is InChI=1S/C11H22N4S/c1-5-9(3)14(4)7-8-15-10(6-2)12-13-11(15)16/h9H,5-8H2,1-4H3,(H,13,16). The van der Waals surface area contributed by atoms with Gasteiger partial charge < -0.3 is 9.47 Å². The van der Waals surface area contributed by atoms with Gasteiger partial charge in [0.05, 0.1) is 0 Å². The highest BCUT2D eigenvalue weighted by atomic mass is 32.1. The molecule has 92 valence electrons. The monoisotopic (exact) mass is 242 g/mol. The van der Waals surface area contributed by atoms with Crippen molar-refractivity contribution in [3.05, 3.63) is 10.6 Å². The van der Waals surface area contributed by atoms with E-state index < -0.39 is 0 Å². The molecule has 1 heterocycles. The largest absolute Gasteiger partial charge is 0.303 e. The number of nitrogens with one attached hydrogen (secondary N) is 1. The van der Waals surface area contributed by atoms with E-state index in [1.165, 1.54) is 6.42 Å². The maximum atomic E-state index is 5.21. The molecule has 0 aliphatic heterocycles. The summed E-state index contributed by atoms with van der Waals surface area (Å²) in [5, 5.41) is 7.06. The Balaban J connectivity index is 2.60. The number of aromatic amines is 1. The van der Waals surface area contributed by atoms with Gasteiger partial charge in [-0.2, -0.15) is 5.10 Å². The van der Waals surface area contributed by atoms with Gasteiger partial charge in [-0.15, -0.1) is 0 Å². The summed E-state index contributed by atoms with van der Waals surface area (Å²) < 4.78 is 2.82. The van der Waals surface area contributed by atoms with E-state index in [0.717, 1.165) is 30.1 Å². The molecule has 0 aliphatic rings. The third-order valence-corrected chi connectivity index (χ3v) is 3.48. The molecule has 0 amide bonds. The molecule has 0 fully saturated rings. The van der Waals surface area contributed by atoms with Crippen LogP contribution in [0.5, 0.6) is 0 Å². The van der Waals surface area contributed by atoms with Crippen LogP contribution >= 0.6 is 12.2 Å². The molecular weight excluding hydrogens is 220 g/mol.